The van der Waals surface area contributed by atoms with Crippen molar-refractivity contribution < 1.29 is 4.21 Å². The molecule has 0 amide bonds. The number of nitrogens with zero attached hydrogens (tertiary/aromatic N) is 1. The predicted octanol–water partition coefficient (Wildman–Crippen LogP) is 0.665. The molecule has 0 aromatic rings. The summed E-state index contributed by atoms with van der Waals surface area (Å²) in [6, 6.07) is 0.336. The average Bonchev–Trinajstić information content (AvgIpc) is 2.09. The Morgan fingerprint density at radius 3 is 2.67 bits per heavy atom. The van der Waals surface area contributed by atoms with Gasteiger partial charge < -0.3 is 5.73 Å². The SMILES string of the molecule is CCC(N)=NC1CCS(=O)CC1. The lowest BCUT2D eigenvalue weighted by molar-refractivity contribution is 0.597. The zero-order valence-electron chi connectivity index (χ0n) is 7.45. The molecule has 1 saturated heterocycles. The second-order valence-corrected chi connectivity index (χ2v) is 4.75. The van der Waals surface area contributed by atoms with Crippen LogP contribution in [0.4, 0.5) is 0 Å². The number of amidine groups is 1. The molecule has 1 aliphatic rings. The van der Waals surface area contributed by atoms with Gasteiger partial charge in [-0.1, -0.05) is 6.92 Å². The normalized spacial score (nSPS) is 31.9. The van der Waals surface area contributed by atoms with Gasteiger partial charge in [0.25, 0.3) is 0 Å². The van der Waals surface area contributed by atoms with Crippen molar-refractivity contribution in [2.24, 2.45) is 10.7 Å². The molecule has 0 bridgehead atoms. The van der Waals surface area contributed by atoms with Crippen LogP contribution in [0.15, 0.2) is 4.99 Å². The topological polar surface area (TPSA) is 55.4 Å². The zero-order chi connectivity index (χ0) is 8.97. The highest BCUT2D eigenvalue weighted by Crippen LogP contribution is 2.12. The highest BCUT2D eigenvalue weighted by atomic mass is 32.2. The zero-order valence-corrected chi connectivity index (χ0v) is 8.27. The molecule has 12 heavy (non-hydrogen) atoms. The minimum atomic E-state index is -0.588. The molecule has 4 heteroatoms. The lowest BCUT2D eigenvalue weighted by atomic mass is 10.2. The highest BCUT2D eigenvalue weighted by molar-refractivity contribution is 7.85. The van der Waals surface area contributed by atoms with Crippen molar-refractivity contribution in [3.8, 4) is 0 Å². The van der Waals surface area contributed by atoms with E-state index >= 15 is 0 Å². The van der Waals surface area contributed by atoms with Gasteiger partial charge >= 0.3 is 0 Å². The van der Waals surface area contributed by atoms with E-state index in [1.165, 1.54) is 0 Å². The summed E-state index contributed by atoms with van der Waals surface area (Å²) in [5.41, 5.74) is 5.61. The molecule has 1 heterocycles. The van der Waals surface area contributed by atoms with Gasteiger partial charge in [0.15, 0.2) is 0 Å². The molecule has 0 aromatic carbocycles. The van der Waals surface area contributed by atoms with Crippen LogP contribution in [0.3, 0.4) is 0 Å². The number of hydrogen-bond acceptors (Lipinski definition) is 2. The third-order valence-electron chi connectivity index (χ3n) is 2.07. The molecule has 1 aliphatic heterocycles. The molecule has 0 saturated carbocycles. The van der Waals surface area contributed by atoms with Crippen molar-refractivity contribution in [2.75, 3.05) is 11.5 Å². The quantitative estimate of drug-likeness (QED) is 0.511. The van der Waals surface area contributed by atoms with Crippen LogP contribution >= 0.6 is 0 Å². The summed E-state index contributed by atoms with van der Waals surface area (Å²) in [5.74, 6) is 2.32. The molecule has 2 N–H and O–H groups in total. The van der Waals surface area contributed by atoms with Gasteiger partial charge in [-0.15, -0.1) is 0 Å². The number of hydrogen-bond donors (Lipinski definition) is 1. The van der Waals surface area contributed by atoms with E-state index in [0.717, 1.165) is 36.6 Å². The number of nitrogens with two attached hydrogens (primary N) is 1. The third-order valence-corrected chi connectivity index (χ3v) is 3.45. The van der Waals surface area contributed by atoms with Crippen LogP contribution in [0.1, 0.15) is 26.2 Å². The Morgan fingerprint density at radius 2 is 2.17 bits per heavy atom. The molecule has 0 aromatic heterocycles. The first-order valence-corrected chi connectivity index (χ1v) is 5.88. The van der Waals surface area contributed by atoms with Crippen LogP contribution in [-0.2, 0) is 10.8 Å². The van der Waals surface area contributed by atoms with Crippen LogP contribution in [0.5, 0.6) is 0 Å². The van der Waals surface area contributed by atoms with Gasteiger partial charge in [-0.05, 0) is 12.8 Å². The van der Waals surface area contributed by atoms with E-state index in [2.05, 4.69) is 4.99 Å². The van der Waals surface area contributed by atoms with Gasteiger partial charge in [0.1, 0.15) is 0 Å². The van der Waals surface area contributed by atoms with Crippen molar-refractivity contribution in [1.29, 1.82) is 0 Å². The van der Waals surface area contributed by atoms with Crippen molar-refractivity contribution in [3.05, 3.63) is 0 Å². The monoisotopic (exact) mass is 188 g/mol. The second-order valence-electron chi connectivity index (χ2n) is 3.05. The van der Waals surface area contributed by atoms with Crippen molar-refractivity contribution in [1.82, 2.24) is 0 Å². The fourth-order valence-electron chi connectivity index (χ4n) is 1.24. The summed E-state index contributed by atoms with van der Waals surface area (Å²) in [6.45, 7) is 2.00. The van der Waals surface area contributed by atoms with E-state index < -0.39 is 10.8 Å². The first-order chi connectivity index (χ1) is 5.72. The van der Waals surface area contributed by atoms with Gasteiger partial charge in [-0.2, -0.15) is 0 Å². The third kappa shape index (κ3) is 2.93. The van der Waals surface area contributed by atoms with Crippen LogP contribution in [0, 0.1) is 0 Å². The molecule has 1 rings (SSSR count). The van der Waals surface area contributed by atoms with Crippen LogP contribution < -0.4 is 5.73 Å². The van der Waals surface area contributed by atoms with E-state index in [0.29, 0.717) is 6.04 Å². The summed E-state index contributed by atoms with van der Waals surface area (Å²) in [4.78, 5) is 4.35. The molecular weight excluding hydrogens is 172 g/mol. The summed E-state index contributed by atoms with van der Waals surface area (Å²) in [5, 5.41) is 0. The summed E-state index contributed by atoms with van der Waals surface area (Å²) in [6.07, 6.45) is 2.69. The van der Waals surface area contributed by atoms with E-state index in [1.54, 1.807) is 0 Å². The molecule has 0 radical (unpaired) electrons. The van der Waals surface area contributed by atoms with Gasteiger partial charge in [-0.25, -0.2) is 0 Å². The largest absolute Gasteiger partial charge is 0.387 e. The fraction of sp³-hybridized carbons (Fsp3) is 0.875. The molecule has 0 spiro atoms. The summed E-state index contributed by atoms with van der Waals surface area (Å²) in [7, 11) is -0.588. The molecule has 70 valence electrons. The maximum Gasteiger partial charge on any atom is 0.0937 e. The Balaban J connectivity index is 2.40. The average molecular weight is 188 g/mol. The Kier molecular flexibility index (Phi) is 3.72. The first-order valence-electron chi connectivity index (χ1n) is 4.39. The first kappa shape index (κ1) is 9.71. The number of rotatable bonds is 2. The lowest BCUT2D eigenvalue weighted by Crippen LogP contribution is -2.24. The van der Waals surface area contributed by atoms with Gasteiger partial charge in [0.05, 0.1) is 11.9 Å². The minimum absolute atomic E-state index is 0.336. The standard InChI is InChI=1S/C8H16N2OS/c1-2-8(9)10-7-3-5-12(11)6-4-7/h7H,2-6H2,1H3,(H2,9,10). The van der Waals surface area contributed by atoms with E-state index in [-0.39, 0.29) is 0 Å². The molecule has 0 atom stereocenters. The molecule has 0 unspecified atom stereocenters. The van der Waals surface area contributed by atoms with Crippen LogP contribution in [0.25, 0.3) is 0 Å². The molecule has 1 fully saturated rings. The van der Waals surface area contributed by atoms with E-state index in [1.807, 2.05) is 6.92 Å². The lowest BCUT2D eigenvalue weighted by Gasteiger charge is -2.17. The van der Waals surface area contributed by atoms with E-state index in [4.69, 9.17) is 5.73 Å². The minimum Gasteiger partial charge on any atom is -0.387 e. The van der Waals surface area contributed by atoms with Gasteiger partial charge in [-0.3, -0.25) is 9.20 Å². The molecule has 0 aliphatic carbocycles. The van der Waals surface area contributed by atoms with Gasteiger partial charge in [0.2, 0.25) is 0 Å². The Morgan fingerprint density at radius 1 is 1.58 bits per heavy atom. The van der Waals surface area contributed by atoms with Crippen LogP contribution in [0.2, 0.25) is 0 Å². The summed E-state index contributed by atoms with van der Waals surface area (Å²) >= 11 is 0. The van der Waals surface area contributed by atoms with Crippen molar-refractivity contribution in [3.63, 3.8) is 0 Å². The Labute approximate surface area is 75.9 Å². The van der Waals surface area contributed by atoms with Gasteiger partial charge in [0, 0.05) is 28.7 Å². The predicted molar refractivity (Wildman–Crippen MR) is 52.8 cm³/mol. The maximum atomic E-state index is 11.0. The smallest absolute Gasteiger partial charge is 0.0937 e. The van der Waals surface area contributed by atoms with Crippen LogP contribution in [-0.4, -0.2) is 27.6 Å². The molecular formula is C8H16N2OS. The highest BCUT2D eigenvalue weighted by Gasteiger charge is 2.16. The molecule has 3 nitrogen and oxygen atoms in total. The maximum absolute atomic E-state index is 11.0. The Bertz CT molecular complexity index is 193. The van der Waals surface area contributed by atoms with Crippen molar-refractivity contribution in [2.45, 2.75) is 32.2 Å². The Hall–Kier alpha value is -0.380. The second kappa shape index (κ2) is 4.60. The van der Waals surface area contributed by atoms with Crippen molar-refractivity contribution >= 4 is 16.6 Å². The van der Waals surface area contributed by atoms with E-state index in [9.17, 15) is 4.21 Å². The fourth-order valence-corrected chi connectivity index (χ4v) is 2.51. The number of aliphatic imine (C=N–C) groups is 1. The summed E-state index contributed by atoms with van der Waals surface area (Å²) < 4.78 is 11.0.